The molecule has 0 aliphatic rings. The van der Waals surface area contributed by atoms with Crippen LogP contribution in [0, 0.1) is 0 Å². The Kier molecular flexibility index (Phi) is 7.19. The molecule has 0 bridgehead atoms. The minimum atomic E-state index is -0.531. The van der Waals surface area contributed by atoms with Crippen LogP contribution in [0.2, 0.25) is 0 Å². The molecule has 23 heavy (non-hydrogen) atoms. The molecule has 0 aliphatic carbocycles. The maximum atomic E-state index is 12.4. The van der Waals surface area contributed by atoms with Crippen LogP contribution in [0.15, 0.2) is 16.6 Å². The molecule has 5 nitrogen and oxygen atoms in total. The Morgan fingerprint density at radius 2 is 1.70 bits per heavy atom. The SMILES string of the molecule is CCCN(Cc1c(OC)cc(Br)cc1OC)C(=O)OC(C)(C)C. The molecule has 0 heterocycles. The number of methoxy groups -OCH3 is 2. The summed E-state index contributed by atoms with van der Waals surface area (Å²) in [6.45, 7) is 8.55. The summed E-state index contributed by atoms with van der Waals surface area (Å²) >= 11 is 3.43. The Hall–Kier alpha value is -1.43. The summed E-state index contributed by atoms with van der Waals surface area (Å²) in [5, 5.41) is 0. The summed E-state index contributed by atoms with van der Waals surface area (Å²) in [5.74, 6) is 1.33. The lowest BCUT2D eigenvalue weighted by Gasteiger charge is -2.28. The number of rotatable bonds is 6. The predicted octanol–water partition coefficient (Wildman–Crippen LogP) is 4.61. The van der Waals surface area contributed by atoms with Gasteiger partial charge in [0.25, 0.3) is 0 Å². The van der Waals surface area contributed by atoms with Crippen LogP contribution in [-0.4, -0.2) is 37.4 Å². The van der Waals surface area contributed by atoms with Crippen LogP contribution in [0.1, 0.15) is 39.7 Å². The van der Waals surface area contributed by atoms with E-state index in [1.165, 1.54) is 0 Å². The van der Waals surface area contributed by atoms with Crippen molar-refractivity contribution in [1.82, 2.24) is 4.90 Å². The van der Waals surface area contributed by atoms with E-state index in [1.54, 1.807) is 19.1 Å². The number of nitrogens with zero attached hydrogens (tertiary/aromatic N) is 1. The third-order valence-electron chi connectivity index (χ3n) is 3.07. The van der Waals surface area contributed by atoms with E-state index in [1.807, 2.05) is 39.8 Å². The van der Waals surface area contributed by atoms with Crippen molar-refractivity contribution < 1.29 is 19.0 Å². The van der Waals surface area contributed by atoms with Gasteiger partial charge in [-0.1, -0.05) is 22.9 Å². The van der Waals surface area contributed by atoms with Crippen molar-refractivity contribution in [3.05, 3.63) is 22.2 Å². The number of hydrogen-bond donors (Lipinski definition) is 0. The Labute approximate surface area is 147 Å². The lowest BCUT2D eigenvalue weighted by molar-refractivity contribution is 0.0231. The zero-order chi connectivity index (χ0) is 17.6. The molecule has 1 aromatic rings. The fourth-order valence-corrected chi connectivity index (χ4v) is 2.55. The van der Waals surface area contributed by atoms with Crippen molar-refractivity contribution in [2.45, 2.75) is 46.3 Å². The molecule has 0 saturated heterocycles. The van der Waals surface area contributed by atoms with Gasteiger partial charge in [-0.05, 0) is 39.3 Å². The first-order chi connectivity index (χ1) is 10.7. The topological polar surface area (TPSA) is 48.0 Å². The molecule has 1 rings (SSSR count). The predicted molar refractivity (Wildman–Crippen MR) is 94.2 cm³/mol. The normalized spacial score (nSPS) is 11.1. The molecule has 0 unspecified atom stereocenters. The first kappa shape index (κ1) is 19.6. The van der Waals surface area contributed by atoms with E-state index in [0.717, 1.165) is 16.5 Å². The van der Waals surface area contributed by atoms with Crippen molar-refractivity contribution >= 4 is 22.0 Å². The molecule has 0 fully saturated rings. The van der Waals surface area contributed by atoms with Crippen molar-refractivity contribution in [2.24, 2.45) is 0 Å². The second-order valence-electron chi connectivity index (χ2n) is 6.19. The van der Waals surface area contributed by atoms with E-state index >= 15 is 0 Å². The highest BCUT2D eigenvalue weighted by atomic mass is 79.9. The Bertz CT molecular complexity index is 515. The maximum absolute atomic E-state index is 12.4. The van der Waals surface area contributed by atoms with Gasteiger partial charge in [0.15, 0.2) is 0 Å². The highest BCUT2D eigenvalue weighted by molar-refractivity contribution is 9.10. The number of benzene rings is 1. The molecule has 6 heteroatoms. The average molecular weight is 388 g/mol. The maximum Gasteiger partial charge on any atom is 0.410 e. The van der Waals surface area contributed by atoms with E-state index in [0.29, 0.717) is 24.6 Å². The van der Waals surface area contributed by atoms with Gasteiger partial charge >= 0.3 is 6.09 Å². The summed E-state index contributed by atoms with van der Waals surface area (Å²) in [6.07, 6.45) is 0.492. The van der Waals surface area contributed by atoms with Gasteiger partial charge in [0.1, 0.15) is 17.1 Å². The first-order valence-electron chi connectivity index (χ1n) is 7.60. The number of carbonyl (C=O) groups excluding carboxylic acids is 1. The van der Waals surface area contributed by atoms with E-state index in [-0.39, 0.29) is 6.09 Å². The molecule has 0 N–H and O–H groups in total. The molecule has 1 amide bonds. The van der Waals surface area contributed by atoms with Gasteiger partial charge in [-0.3, -0.25) is 0 Å². The summed E-state index contributed by atoms with van der Waals surface area (Å²) in [6, 6.07) is 3.72. The van der Waals surface area contributed by atoms with Crippen LogP contribution >= 0.6 is 15.9 Å². The number of hydrogen-bond acceptors (Lipinski definition) is 4. The van der Waals surface area contributed by atoms with Crippen molar-refractivity contribution in [2.75, 3.05) is 20.8 Å². The molecule has 0 radical (unpaired) electrons. The minimum Gasteiger partial charge on any atom is -0.496 e. The van der Waals surface area contributed by atoms with Crippen LogP contribution in [-0.2, 0) is 11.3 Å². The van der Waals surface area contributed by atoms with Crippen LogP contribution in [0.3, 0.4) is 0 Å². The molecular formula is C17H26BrNO4. The second kappa shape index (κ2) is 8.43. The third kappa shape index (κ3) is 5.94. The standard InChI is InChI=1S/C17H26BrNO4/c1-7-8-19(16(20)23-17(2,3)4)11-13-14(21-5)9-12(18)10-15(13)22-6/h9-10H,7-8,11H2,1-6H3. The smallest absolute Gasteiger partial charge is 0.410 e. The number of halogens is 1. The zero-order valence-corrected chi connectivity index (χ0v) is 16.3. The number of carbonyl (C=O) groups is 1. The third-order valence-corrected chi connectivity index (χ3v) is 3.52. The van der Waals surface area contributed by atoms with Crippen molar-refractivity contribution in [3.8, 4) is 11.5 Å². The van der Waals surface area contributed by atoms with Crippen LogP contribution in [0.25, 0.3) is 0 Å². The largest absolute Gasteiger partial charge is 0.496 e. The lowest BCUT2D eigenvalue weighted by Crippen LogP contribution is -2.37. The van der Waals surface area contributed by atoms with Crippen molar-refractivity contribution in [1.29, 1.82) is 0 Å². The molecular weight excluding hydrogens is 362 g/mol. The number of amides is 1. The summed E-state index contributed by atoms with van der Waals surface area (Å²) in [4.78, 5) is 14.1. The number of ether oxygens (including phenoxy) is 3. The van der Waals surface area contributed by atoms with Gasteiger partial charge < -0.3 is 19.1 Å². The lowest BCUT2D eigenvalue weighted by atomic mass is 10.1. The zero-order valence-electron chi connectivity index (χ0n) is 14.7. The van der Waals surface area contributed by atoms with E-state index in [2.05, 4.69) is 15.9 Å². The second-order valence-corrected chi connectivity index (χ2v) is 7.11. The van der Waals surface area contributed by atoms with Gasteiger partial charge in [-0.25, -0.2) is 4.79 Å². The van der Waals surface area contributed by atoms with Crippen molar-refractivity contribution in [3.63, 3.8) is 0 Å². The fourth-order valence-electron chi connectivity index (χ4n) is 2.13. The molecule has 0 saturated carbocycles. The highest BCUT2D eigenvalue weighted by Gasteiger charge is 2.24. The molecule has 0 atom stereocenters. The molecule has 0 aromatic heterocycles. The molecule has 0 aliphatic heterocycles. The summed E-state index contributed by atoms with van der Waals surface area (Å²) in [5.41, 5.74) is 0.286. The van der Waals surface area contributed by atoms with E-state index in [4.69, 9.17) is 14.2 Å². The van der Waals surface area contributed by atoms with Gasteiger partial charge in [0.05, 0.1) is 26.3 Å². The quantitative estimate of drug-likeness (QED) is 0.714. The Balaban J connectivity index is 3.11. The molecule has 130 valence electrons. The van der Waals surface area contributed by atoms with E-state index < -0.39 is 5.60 Å². The summed E-state index contributed by atoms with van der Waals surface area (Å²) < 4.78 is 17.2. The van der Waals surface area contributed by atoms with Crippen LogP contribution in [0.4, 0.5) is 4.79 Å². The van der Waals surface area contributed by atoms with Crippen LogP contribution < -0.4 is 9.47 Å². The Morgan fingerprint density at radius 3 is 2.09 bits per heavy atom. The van der Waals surface area contributed by atoms with Gasteiger partial charge in [-0.15, -0.1) is 0 Å². The molecule has 0 spiro atoms. The van der Waals surface area contributed by atoms with Gasteiger partial charge in [0, 0.05) is 11.0 Å². The first-order valence-corrected chi connectivity index (χ1v) is 8.39. The monoisotopic (exact) mass is 387 g/mol. The fraction of sp³-hybridized carbons (Fsp3) is 0.588. The Morgan fingerprint density at radius 1 is 1.17 bits per heavy atom. The van der Waals surface area contributed by atoms with Crippen LogP contribution in [0.5, 0.6) is 11.5 Å². The van der Waals surface area contributed by atoms with Gasteiger partial charge in [-0.2, -0.15) is 0 Å². The molecule has 1 aromatic carbocycles. The van der Waals surface area contributed by atoms with Gasteiger partial charge in [0.2, 0.25) is 0 Å². The summed E-state index contributed by atoms with van der Waals surface area (Å²) in [7, 11) is 3.20. The highest BCUT2D eigenvalue weighted by Crippen LogP contribution is 2.34. The average Bonchev–Trinajstić information content (AvgIpc) is 2.45. The minimum absolute atomic E-state index is 0.341. The van der Waals surface area contributed by atoms with E-state index in [9.17, 15) is 4.79 Å².